The quantitative estimate of drug-likeness (QED) is 0.710. The van der Waals surface area contributed by atoms with E-state index < -0.39 is 20.3 Å². The van der Waals surface area contributed by atoms with Crippen LogP contribution in [0, 0.1) is 11.2 Å². The highest BCUT2D eigenvalue weighted by Crippen LogP contribution is 2.35. The summed E-state index contributed by atoms with van der Waals surface area (Å²) in [6.07, 6.45) is 1.07. The van der Waals surface area contributed by atoms with Gasteiger partial charge in [0.1, 0.15) is 11.6 Å². The van der Waals surface area contributed by atoms with Crippen LogP contribution in [0.1, 0.15) is 12.8 Å². The van der Waals surface area contributed by atoms with Crippen LogP contribution in [0.3, 0.4) is 0 Å². The molecule has 0 radical (unpaired) electrons. The van der Waals surface area contributed by atoms with Crippen molar-refractivity contribution in [2.75, 3.05) is 25.6 Å². The van der Waals surface area contributed by atoms with E-state index in [-0.39, 0.29) is 12.4 Å². The smallest absolute Gasteiger partial charge is 0.233 e. The fraction of sp³-hybridized carbons (Fsp3) is 0.538. The highest BCUT2D eigenvalue weighted by molar-refractivity contribution is 9.10. The highest BCUT2D eigenvalue weighted by Gasteiger charge is 2.38. The van der Waals surface area contributed by atoms with Crippen LogP contribution in [0.25, 0.3) is 0 Å². The Morgan fingerprint density at radius 1 is 1.38 bits per heavy atom. The van der Waals surface area contributed by atoms with Crippen molar-refractivity contribution >= 4 is 35.7 Å². The van der Waals surface area contributed by atoms with Gasteiger partial charge >= 0.3 is 0 Å². The van der Waals surface area contributed by atoms with Crippen LogP contribution in [0.4, 0.5) is 4.39 Å². The number of rotatable bonds is 5. The molecule has 0 spiro atoms. The van der Waals surface area contributed by atoms with E-state index in [0.717, 1.165) is 0 Å². The van der Waals surface area contributed by atoms with Crippen LogP contribution >= 0.6 is 26.6 Å². The fourth-order valence-corrected chi connectivity index (χ4v) is 4.48. The van der Waals surface area contributed by atoms with Crippen molar-refractivity contribution in [1.82, 2.24) is 0 Å². The molecule has 0 aromatic heterocycles. The summed E-state index contributed by atoms with van der Waals surface area (Å²) >= 11 is 3.27. The predicted octanol–water partition coefficient (Wildman–Crippen LogP) is 3.33. The summed E-state index contributed by atoms with van der Waals surface area (Å²) in [6.45, 7) is 1.06. The number of hydrogen-bond acceptors (Lipinski definition) is 4. The normalized spacial score (nSPS) is 18.4. The third-order valence-electron chi connectivity index (χ3n) is 3.46. The molecule has 2 rings (SSSR count). The number of hydrogen-bond donors (Lipinski definition) is 0. The molecule has 0 N–H and O–H groups in total. The average molecular weight is 402 g/mol. The minimum absolute atomic E-state index is 0.143. The molecule has 0 saturated carbocycles. The molecule has 0 amide bonds. The maximum Gasteiger partial charge on any atom is 0.233 e. The monoisotopic (exact) mass is 400 g/mol. The standard InChI is InChI=1S/C13H15BrClFO4S/c14-11-2-1-10(16)7-12(11)20-8-13(9-21(15,17)18)3-5-19-6-4-13/h1-2,7H,3-6,8-9H2. The van der Waals surface area contributed by atoms with Gasteiger partial charge in [0, 0.05) is 35.4 Å². The van der Waals surface area contributed by atoms with E-state index in [9.17, 15) is 12.8 Å². The van der Waals surface area contributed by atoms with Gasteiger partial charge in [-0.05, 0) is 40.9 Å². The van der Waals surface area contributed by atoms with Gasteiger partial charge in [-0.3, -0.25) is 0 Å². The van der Waals surface area contributed by atoms with Crippen LogP contribution in [0.2, 0.25) is 0 Å². The number of benzene rings is 1. The Bertz CT molecular complexity index is 602. The van der Waals surface area contributed by atoms with Crippen LogP contribution in [-0.4, -0.2) is 34.0 Å². The van der Waals surface area contributed by atoms with Gasteiger partial charge in [-0.1, -0.05) is 0 Å². The number of halogens is 3. The van der Waals surface area contributed by atoms with E-state index in [4.69, 9.17) is 20.2 Å². The molecule has 0 unspecified atom stereocenters. The molecule has 1 aliphatic rings. The molecule has 0 atom stereocenters. The zero-order valence-corrected chi connectivity index (χ0v) is 14.3. The molecule has 4 nitrogen and oxygen atoms in total. The van der Waals surface area contributed by atoms with E-state index in [2.05, 4.69) is 15.9 Å². The maximum absolute atomic E-state index is 13.2. The molecular weight excluding hydrogens is 387 g/mol. The van der Waals surface area contributed by atoms with Gasteiger partial charge in [-0.15, -0.1) is 0 Å². The largest absolute Gasteiger partial charge is 0.492 e. The summed E-state index contributed by atoms with van der Waals surface area (Å²) < 4.78 is 47.6. The summed E-state index contributed by atoms with van der Waals surface area (Å²) in [4.78, 5) is 0. The lowest BCUT2D eigenvalue weighted by molar-refractivity contribution is 0.00209. The Morgan fingerprint density at radius 2 is 2.05 bits per heavy atom. The Morgan fingerprint density at radius 3 is 2.67 bits per heavy atom. The summed E-state index contributed by atoms with van der Waals surface area (Å²) in [7, 11) is 1.75. The summed E-state index contributed by atoms with van der Waals surface area (Å²) in [5, 5.41) is 0. The molecule has 1 aromatic carbocycles. The molecule has 21 heavy (non-hydrogen) atoms. The zero-order chi connectivity index (χ0) is 15.5. The Balaban J connectivity index is 2.14. The first-order valence-corrected chi connectivity index (χ1v) is 9.65. The van der Waals surface area contributed by atoms with Gasteiger partial charge in [0.05, 0.1) is 16.8 Å². The lowest BCUT2D eigenvalue weighted by atomic mass is 9.83. The second-order valence-electron chi connectivity index (χ2n) is 5.16. The SMILES string of the molecule is O=S(=O)(Cl)CC1(COc2cc(F)ccc2Br)CCOCC1. The fourth-order valence-electron chi connectivity index (χ4n) is 2.32. The second-order valence-corrected chi connectivity index (χ2v) is 8.79. The van der Waals surface area contributed by atoms with Gasteiger partial charge < -0.3 is 9.47 Å². The van der Waals surface area contributed by atoms with Crippen LogP contribution in [0.15, 0.2) is 22.7 Å². The van der Waals surface area contributed by atoms with Crippen molar-refractivity contribution in [2.45, 2.75) is 12.8 Å². The predicted molar refractivity (Wildman–Crippen MR) is 81.7 cm³/mol. The summed E-state index contributed by atoms with van der Waals surface area (Å²) in [6, 6.07) is 4.11. The van der Waals surface area contributed by atoms with Gasteiger partial charge in [-0.2, -0.15) is 0 Å². The number of ether oxygens (including phenoxy) is 2. The Kier molecular flexibility index (Phi) is 5.51. The first kappa shape index (κ1) is 17.0. The third-order valence-corrected chi connectivity index (χ3v) is 5.40. The van der Waals surface area contributed by atoms with Crippen molar-refractivity contribution in [3.05, 3.63) is 28.5 Å². The van der Waals surface area contributed by atoms with E-state index in [1.165, 1.54) is 12.1 Å². The van der Waals surface area contributed by atoms with Gasteiger partial charge in [0.25, 0.3) is 0 Å². The minimum atomic E-state index is -3.65. The zero-order valence-electron chi connectivity index (χ0n) is 11.1. The van der Waals surface area contributed by atoms with Crippen LogP contribution in [0.5, 0.6) is 5.75 Å². The van der Waals surface area contributed by atoms with Crippen LogP contribution < -0.4 is 4.74 Å². The van der Waals surface area contributed by atoms with Crippen molar-refractivity contribution in [3.8, 4) is 5.75 Å². The molecular formula is C13H15BrClFO4S. The van der Waals surface area contributed by atoms with E-state index in [1.54, 1.807) is 6.07 Å². The van der Waals surface area contributed by atoms with E-state index >= 15 is 0 Å². The first-order chi connectivity index (χ1) is 9.80. The molecule has 1 fully saturated rings. The highest BCUT2D eigenvalue weighted by atomic mass is 79.9. The minimum Gasteiger partial charge on any atom is -0.492 e. The van der Waals surface area contributed by atoms with Gasteiger partial charge in [-0.25, -0.2) is 12.8 Å². The first-order valence-electron chi connectivity index (χ1n) is 6.38. The molecule has 118 valence electrons. The molecule has 0 aliphatic carbocycles. The topological polar surface area (TPSA) is 52.6 Å². The summed E-state index contributed by atoms with van der Waals surface area (Å²) in [5.74, 6) is -0.260. The molecule has 1 aromatic rings. The van der Waals surface area contributed by atoms with Crippen molar-refractivity contribution in [3.63, 3.8) is 0 Å². The van der Waals surface area contributed by atoms with Crippen molar-refractivity contribution in [2.24, 2.45) is 5.41 Å². The van der Waals surface area contributed by atoms with Gasteiger partial charge in [0.15, 0.2) is 0 Å². The van der Waals surface area contributed by atoms with Gasteiger partial charge in [0.2, 0.25) is 9.05 Å². The van der Waals surface area contributed by atoms with E-state index in [1.807, 2.05) is 0 Å². The lowest BCUT2D eigenvalue weighted by Crippen LogP contribution is -2.40. The molecule has 1 heterocycles. The van der Waals surface area contributed by atoms with E-state index in [0.29, 0.717) is 36.3 Å². The molecule has 8 heteroatoms. The van der Waals surface area contributed by atoms with Crippen molar-refractivity contribution in [1.29, 1.82) is 0 Å². The Labute approximate surface area is 136 Å². The maximum atomic E-state index is 13.2. The molecule has 0 bridgehead atoms. The average Bonchev–Trinajstić information content (AvgIpc) is 2.39. The molecule has 1 aliphatic heterocycles. The second kappa shape index (κ2) is 6.81. The van der Waals surface area contributed by atoms with Crippen LogP contribution in [-0.2, 0) is 13.8 Å². The van der Waals surface area contributed by atoms with Crippen molar-refractivity contribution < 1.29 is 22.3 Å². The third kappa shape index (κ3) is 5.09. The lowest BCUT2D eigenvalue weighted by Gasteiger charge is -2.35. The summed E-state index contributed by atoms with van der Waals surface area (Å²) in [5.41, 5.74) is -0.607. The molecule has 1 saturated heterocycles. The Hall–Kier alpha value is -0.370.